The molecule has 2 aromatic rings. The number of aryl methyl sites for hydroxylation is 1. The first kappa shape index (κ1) is 10.8. The minimum absolute atomic E-state index is 0.423. The Hall–Kier alpha value is -0.710. The fraction of sp³-hybridized carbons (Fsp3) is 0.364. The Morgan fingerprint density at radius 1 is 1.47 bits per heavy atom. The summed E-state index contributed by atoms with van der Waals surface area (Å²) in [4.78, 5) is 6.96. The minimum Gasteiger partial charge on any atom is -0.304 e. The summed E-state index contributed by atoms with van der Waals surface area (Å²) in [6.45, 7) is 5.17. The van der Waals surface area contributed by atoms with Crippen molar-refractivity contribution >= 4 is 22.7 Å². The third-order valence-electron chi connectivity index (χ3n) is 2.38. The van der Waals surface area contributed by atoms with Crippen LogP contribution in [-0.2, 0) is 6.54 Å². The Bertz CT molecular complexity index is 406. The highest BCUT2D eigenvalue weighted by atomic mass is 32.1. The summed E-state index contributed by atoms with van der Waals surface area (Å²) in [7, 11) is 0. The fourth-order valence-corrected chi connectivity index (χ4v) is 2.87. The SMILES string of the molecule is Cc1ncsc1CNC(C)c1cccs1. The van der Waals surface area contributed by atoms with Crippen LogP contribution in [0.15, 0.2) is 23.0 Å². The number of nitrogens with zero attached hydrogens (tertiary/aromatic N) is 1. The molecule has 0 bridgehead atoms. The second-order valence-corrected chi connectivity index (χ2v) is 5.40. The summed E-state index contributed by atoms with van der Waals surface area (Å²) in [5, 5.41) is 5.63. The van der Waals surface area contributed by atoms with E-state index in [-0.39, 0.29) is 0 Å². The van der Waals surface area contributed by atoms with Crippen molar-refractivity contribution in [2.75, 3.05) is 0 Å². The van der Waals surface area contributed by atoms with Gasteiger partial charge in [-0.15, -0.1) is 22.7 Å². The van der Waals surface area contributed by atoms with E-state index < -0.39 is 0 Å². The van der Waals surface area contributed by atoms with Gasteiger partial charge in [-0.05, 0) is 25.3 Å². The van der Waals surface area contributed by atoms with Gasteiger partial charge in [0.15, 0.2) is 0 Å². The molecule has 15 heavy (non-hydrogen) atoms. The molecule has 0 aliphatic carbocycles. The van der Waals surface area contributed by atoms with Crippen molar-refractivity contribution in [2.24, 2.45) is 0 Å². The van der Waals surface area contributed by atoms with E-state index in [0.29, 0.717) is 6.04 Å². The first-order valence-electron chi connectivity index (χ1n) is 4.93. The van der Waals surface area contributed by atoms with Crippen molar-refractivity contribution in [1.82, 2.24) is 10.3 Å². The minimum atomic E-state index is 0.423. The zero-order valence-electron chi connectivity index (χ0n) is 8.86. The standard InChI is InChI=1S/C11H14N2S2/c1-8(10-4-3-5-14-10)12-6-11-9(2)13-7-15-11/h3-5,7-8,12H,6H2,1-2H3. The lowest BCUT2D eigenvalue weighted by molar-refractivity contribution is 0.585. The van der Waals surface area contributed by atoms with Crippen molar-refractivity contribution in [3.63, 3.8) is 0 Å². The van der Waals surface area contributed by atoms with Crippen LogP contribution in [0.5, 0.6) is 0 Å². The lowest BCUT2D eigenvalue weighted by Gasteiger charge is -2.11. The van der Waals surface area contributed by atoms with Crippen LogP contribution in [0.1, 0.15) is 28.4 Å². The molecule has 2 heterocycles. The van der Waals surface area contributed by atoms with Crippen LogP contribution in [0.4, 0.5) is 0 Å². The summed E-state index contributed by atoms with van der Waals surface area (Å²) in [5.41, 5.74) is 3.05. The molecule has 0 spiro atoms. The van der Waals surface area contributed by atoms with Gasteiger partial charge in [-0.2, -0.15) is 0 Å². The first-order valence-corrected chi connectivity index (χ1v) is 6.69. The number of thiazole rings is 1. The highest BCUT2D eigenvalue weighted by Crippen LogP contribution is 2.19. The molecule has 4 heteroatoms. The van der Waals surface area contributed by atoms with Gasteiger partial charge >= 0.3 is 0 Å². The highest BCUT2D eigenvalue weighted by Gasteiger charge is 2.07. The van der Waals surface area contributed by atoms with Gasteiger partial charge in [-0.3, -0.25) is 0 Å². The molecule has 0 aliphatic rings. The number of aromatic nitrogens is 1. The van der Waals surface area contributed by atoms with E-state index >= 15 is 0 Å². The second kappa shape index (κ2) is 4.88. The van der Waals surface area contributed by atoms with Crippen LogP contribution in [0.2, 0.25) is 0 Å². The topological polar surface area (TPSA) is 24.9 Å². The van der Waals surface area contributed by atoms with E-state index in [1.54, 1.807) is 22.7 Å². The van der Waals surface area contributed by atoms with Crippen molar-refractivity contribution < 1.29 is 0 Å². The van der Waals surface area contributed by atoms with Gasteiger partial charge in [0.2, 0.25) is 0 Å². The summed E-state index contributed by atoms with van der Waals surface area (Å²) in [6.07, 6.45) is 0. The van der Waals surface area contributed by atoms with Crippen molar-refractivity contribution in [3.8, 4) is 0 Å². The molecule has 2 rings (SSSR count). The monoisotopic (exact) mass is 238 g/mol. The molecule has 0 saturated carbocycles. The number of nitrogens with one attached hydrogen (secondary N) is 1. The molecule has 80 valence electrons. The average molecular weight is 238 g/mol. The Kier molecular flexibility index (Phi) is 3.51. The predicted molar refractivity (Wildman–Crippen MR) is 66.4 cm³/mol. The normalized spacial score (nSPS) is 12.9. The van der Waals surface area contributed by atoms with E-state index in [1.807, 2.05) is 5.51 Å². The van der Waals surface area contributed by atoms with Gasteiger partial charge in [-0.1, -0.05) is 6.07 Å². The summed E-state index contributed by atoms with van der Waals surface area (Å²) >= 11 is 3.52. The lowest BCUT2D eigenvalue weighted by atomic mass is 10.2. The van der Waals surface area contributed by atoms with Crippen LogP contribution < -0.4 is 5.32 Å². The molecule has 0 aromatic carbocycles. The maximum atomic E-state index is 4.24. The number of thiophene rings is 1. The molecule has 2 nitrogen and oxygen atoms in total. The van der Waals surface area contributed by atoms with Gasteiger partial charge in [0.05, 0.1) is 11.2 Å². The first-order chi connectivity index (χ1) is 7.27. The Labute approximate surface area is 98.0 Å². The average Bonchev–Trinajstić information content (AvgIpc) is 2.85. The van der Waals surface area contributed by atoms with E-state index in [1.165, 1.54) is 9.75 Å². The molecule has 0 saturated heterocycles. The van der Waals surface area contributed by atoms with Gasteiger partial charge in [0.1, 0.15) is 0 Å². The van der Waals surface area contributed by atoms with Gasteiger partial charge in [0.25, 0.3) is 0 Å². The molecule has 1 N–H and O–H groups in total. The predicted octanol–water partition coefficient (Wildman–Crippen LogP) is 3.36. The molecule has 1 atom stereocenters. The van der Waals surface area contributed by atoms with Gasteiger partial charge < -0.3 is 5.32 Å². The third kappa shape index (κ3) is 2.65. The second-order valence-electron chi connectivity index (χ2n) is 3.48. The highest BCUT2D eigenvalue weighted by molar-refractivity contribution is 7.10. The maximum absolute atomic E-state index is 4.24. The van der Waals surface area contributed by atoms with Crippen molar-refractivity contribution in [1.29, 1.82) is 0 Å². The van der Waals surface area contributed by atoms with Crippen molar-refractivity contribution in [3.05, 3.63) is 38.5 Å². The van der Waals surface area contributed by atoms with Crippen LogP contribution in [0.3, 0.4) is 0 Å². The number of hydrogen-bond acceptors (Lipinski definition) is 4. The molecule has 0 amide bonds. The molecule has 0 radical (unpaired) electrons. The smallest absolute Gasteiger partial charge is 0.0798 e. The summed E-state index contributed by atoms with van der Waals surface area (Å²) in [5.74, 6) is 0. The number of hydrogen-bond donors (Lipinski definition) is 1. The molecular formula is C11H14N2S2. The summed E-state index contributed by atoms with van der Waals surface area (Å²) < 4.78 is 0. The van der Waals surface area contributed by atoms with Gasteiger partial charge in [-0.25, -0.2) is 4.98 Å². The van der Waals surface area contributed by atoms with Crippen LogP contribution in [-0.4, -0.2) is 4.98 Å². The van der Waals surface area contributed by atoms with E-state index in [2.05, 4.69) is 41.7 Å². The van der Waals surface area contributed by atoms with E-state index in [4.69, 9.17) is 0 Å². The zero-order chi connectivity index (χ0) is 10.7. The van der Waals surface area contributed by atoms with E-state index in [0.717, 1.165) is 12.2 Å². The van der Waals surface area contributed by atoms with Crippen LogP contribution >= 0.6 is 22.7 Å². The molecule has 0 aliphatic heterocycles. The molecular weight excluding hydrogens is 224 g/mol. The van der Waals surface area contributed by atoms with E-state index in [9.17, 15) is 0 Å². The zero-order valence-corrected chi connectivity index (χ0v) is 10.5. The van der Waals surface area contributed by atoms with Crippen LogP contribution in [0.25, 0.3) is 0 Å². The Balaban J connectivity index is 1.91. The fourth-order valence-electron chi connectivity index (χ4n) is 1.38. The Morgan fingerprint density at radius 3 is 2.93 bits per heavy atom. The number of rotatable bonds is 4. The largest absolute Gasteiger partial charge is 0.304 e. The lowest BCUT2D eigenvalue weighted by Crippen LogP contribution is -2.16. The molecule has 1 unspecified atom stereocenters. The van der Waals surface area contributed by atoms with Crippen molar-refractivity contribution in [2.45, 2.75) is 26.4 Å². The summed E-state index contributed by atoms with van der Waals surface area (Å²) in [6, 6.07) is 4.68. The Morgan fingerprint density at radius 2 is 2.33 bits per heavy atom. The quantitative estimate of drug-likeness (QED) is 0.883. The molecule has 0 fully saturated rings. The van der Waals surface area contributed by atoms with Crippen LogP contribution in [0, 0.1) is 6.92 Å². The molecule has 2 aromatic heterocycles. The maximum Gasteiger partial charge on any atom is 0.0798 e. The van der Waals surface area contributed by atoms with Gasteiger partial charge in [0, 0.05) is 22.3 Å². The third-order valence-corrected chi connectivity index (χ3v) is 4.37.